The molecule has 1 fully saturated rings. The van der Waals surface area contributed by atoms with Crippen LogP contribution in [0.3, 0.4) is 0 Å². The van der Waals surface area contributed by atoms with Gasteiger partial charge in [-0.3, -0.25) is 0 Å². The summed E-state index contributed by atoms with van der Waals surface area (Å²) in [4.78, 5) is 0. The normalized spacial score (nSPS) is 19.5. The lowest BCUT2D eigenvalue weighted by molar-refractivity contribution is 0.356. The minimum Gasteiger partial charge on any atom is -0.493 e. The second kappa shape index (κ2) is 7.31. The van der Waals surface area contributed by atoms with Crippen molar-refractivity contribution in [2.75, 3.05) is 13.2 Å². The first-order valence-electron chi connectivity index (χ1n) is 8.83. The van der Waals surface area contributed by atoms with E-state index in [1.54, 1.807) is 0 Å². The van der Waals surface area contributed by atoms with E-state index in [0.29, 0.717) is 6.04 Å². The van der Waals surface area contributed by atoms with Crippen molar-refractivity contribution in [2.45, 2.75) is 64.3 Å². The van der Waals surface area contributed by atoms with Crippen LogP contribution in [0.1, 0.15) is 56.6 Å². The van der Waals surface area contributed by atoms with Crippen LogP contribution < -0.4 is 10.1 Å². The van der Waals surface area contributed by atoms with Gasteiger partial charge in [0.25, 0.3) is 0 Å². The Hall–Kier alpha value is -1.02. The molecule has 21 heavy (non-hydrogen) atoms. The molecule has 1 atom stereocenters. The van der Waals surface area contributed by atoms with E-state index in [1.807, 2.05) is 0 Å². The minimum atomic E-state index is 0.697. The number of ether oxygens (including phenoxy) is 1. The van der Waals surface area contributed by atoms with Crippen molar-refractivity contribution in [3.8, 4) is 5.75 Å². The molecule has 1 aromatic carbocycles. The monoisotopic (exact) mass is 287 g/mol. The first kappa shape index (κ1) is 14.9. The second-order valence-corrected chi connectivity index (χ2v) is 6.72. The summed E-state index contributed by atoms with van der Waals surface area (Å²) in [5.74, 6) is 2.08. The van der Waals surface area contributed by atoms with E-state index in [0.717, 1.165) is 31.2 Å². The standard InChI is InChI=1S/C19H29NO/c1-2-20-18(14-15-5-3-4-6-15)9-7-16-8-10-19-17(13-16)11-12-21-19/h8,10,13,15,18,20H,2-7,9,11-12,14H2,1H3. The lowest BCUT2D eigenvalue weighted by Gasteiger charge is -2.21. The van der Waals surface area contributed by atoms with Gasteiger partial charge >= 0.3 is 0 Å². The average Bonchev–Trinajstić information content (AvgIpc) is 3.15. The summed E-state index contributed by atoms with van der Waals surface area (Å²) < 4.78 is 5.59. The van der Waals surface area contributed by atoms with Crippen LogP contribution in [0.25, 0.3) is 0 Å². The van der Waals surface area contributed by atoms with Crippen molar-refractivity contribution in [3.05, 3.63) is 29.3 Å². The number of rotatable bonds is 7. The summed E-state index contributed by atoms with van der Waals surface area (Å²) in [5.41, 5.74) is 2.89. The van der Waals surface area contributed by atoms with Gasteiger partial charge in [0, 0.05) is 12.5 Å². The highest BCUT2D eigenvalue weighted by Gasteiger charge is 2.20. The topological polar surface area (TPSA) is 21.3 Å². The molecule has 2 nitrogen and oxygen atoms in total. The molecule has 1 heterocycles. The summed E-state index contributed by atoms with van der Waals surface area (Å²) in [5, 5.41) is 3.71. The SMILES string of the molecule is CCNC(CCc1ccc2c(c1)CCO2)CC1CCCC1. The van der Waals surface area contributed by atoms with Crippen molar-refractivity contribution in [1.82, 2.24) is 5.32 Å². The molecule has 1 saturated carbocycles. The average molecular weight is 287 g/mol. The van der Waals surface area contributed by atoms with Crippen LogP contribution in [0.15, 0.2) is 18.2 Å². The van der Waals surface area contributed by atoms with Crippen LogP contribution >= 0.6 is 0 Å². The van der Waals surface area contributed by atoms with Gasteiger partial charge in [0.1, 0.15) is 5.75 Å². The second-order valence-electron chi connectivity index (χ2n) is 6.72. The van der Waals surface area contributed by atoms with Crippen LogP contribution in [0.2, 0.25) is 0 Å². The molecule has 0 saturated heterocycles. The maximum absolute atomic E-state index is 5.59. The Labute approximate surface area is 129 Å². The maximum atomic E-state index is 5.59. The van der Waals surface area contributed by atoms with Crippen LogP contribution in [0.4, 0.5) is 0 Å². The Bertz CT molecular complexity index is 451. The lowest BCUT2D eigenvalue weighted by atomic mass is 9.93. The third-order valence-electron chi connectivity index (χ3n) is 5.12. The zero-order valence-corrected chi connectivity index (χ0v) is 13.4. The molecule has 0 bridgehead atoms. The quantitative estimate of drug-likeness (QED) is 0.815. The first-order valence-corrected chi connectivity index (χ1v) is 8.83. The van der Waals surface area contributed by atoms with E-state index < -0.39 is 0 Å². The molecule has 1 unspecified atom stereocenters. The highest BCUT2D eigenvalue weighted by atomic mass is 16.5. The Morgan fingerprint density at radius 2 is 2.14 bits per heavy atom. The number of hydrogen-bond donors (Lipinski definition) is 1. The highest BCUT2D eigenvalue weighted by molar-refractivity contribution is 5.39. The summed E-state index contributed by atoms with van der Waals surface area (Å²) in [7, 11) is 0. The molecule has 2 heteroatoms. The predicted octanol–water partition coefficient (Wildman–Crippen LogP) is 4.11. The fourth-order valence-electron chi connectivity index (χ4n) is 3.98. The van der Waals surface area contributed by atoms with Crippen molar-refractivity contribution < 1.29 is 4.74 Å². The molecule has 2 aliphatic rings. The van der Waals surface area contributed by atoms with Gasteiger partial charge in [0.15, 0.2) is 0 Å². The summed E-state index contributed by atoms with van der Waals surface area (Å²) >= 11 is 0. The predicted molar refractivity (Wildman–Crippen MR) is 88.0 cm³/mol. The van der Waals surface area contributed by atoms with E-state index in [1.165, 1.54) is 56.1 Å². The molecule has 1 aliphatic heterocycles. The third-order valence-corrected chi connectivity index (χ3v) is 5.12. The molecule has 0 aromatic heterocycles. The molecule has 0 amide bonds. The van der Waals surface area contributed by atoms with E-state index in [-0.39, 0.29) is 0 Å². The molecule has 3 rings (SSSR count). The van der Waals surface area contributed by atoms with Crippen molar-refractivity contribution in [2.24, 2.45) is 5.92 Å². The minimum absolute atomic E-state index is 0.697. The molecule has 1 aliphatic carbocycles. The Kier molecular flexibility index (Phi) is 5.18. The Balaban J connectivity index is 1.53. The van der Waals surface area contributed by atoms with Gasteiger partial charge in [-0.2, -0.15) is 0 Å². The van der Waals surface area contributed by atoms with Gasteiger partial charge in [-0.15, -0.1) is 0 Å². The zero-order valence-electron chi connectivity index (χ0n) is 13.4. The van der Waals surface area contributed by atoms with Crippen molar-refractivity contribution in [3.63, 3.8) is 0 Å². The van der Waals surface area contributed by atoms with Crippen LogP contribution in [0.5, 0.6) is 5.75 Å². The number of nitrogens with one attached hydrogen (secondary N) is 1. The van der Waals surface area contributed by atoms with Gasteiger partial charge in [-0.25, -0.2) is 0 Å². The summed E-state index contributed by atoms with van der Waals surface area (Å²) in [6, 6.07) is 7.48. The molecule has 1 N–H and O–H groups in total. The molecule has 0 spiro atoms. The molecule has 1 aromatic rings. The smallest absolute Gasteiger partial charge is 0.122 e. The van der Waals surface area contributed by atoms with Gasteiger partial charge in [-0.1, -0.05) is 44.7 Å². The van der Waals surface area contributed by atoms with Gasteiger partial charge in [0.2, 0.25) is 0 Å². The van der Waals surface area contributed by atoms with Crippen LogP contribution in [0, 0.1) is 5.92 Å². The number of benzene rings is 1. The molecule has 0 radical (unpaired) electrons. The third kappa shape index (κ3) is 4.00. The molecular formula is C19H29NO. The van der Waals surface area contributed by atoms with Crippen molar-refractivity contribution >= 4 is 0 Å². The number of hydrogen-bond acceptors (Lipinski definition) is 2. The Morgan fingerprint density at radius 1 is 1.29 bits per heavy atom. The van der Waals surface area contributed by atoms with E-state index in [9.17, 15) is 0 Å². The fourth-order valence-corrected chi connectivity index (χ4v) is 3.98. The highest BCUT2D eigenvalue weighted by Crippen LogP contribution is 2.30. The summed E-state index contributed by atoms with van der Waals surface area (Å²) in [6.45, 7) is 4.18. The van der Waals surface area contributed by atoms with Crippen LogP contribution in [-0.4, -0.2) is 19.2 Å². The van der Waals surface area contributed by atoms with Crippen molar-refractivity contribution in [1.29, 1.82) is 0 Å². The molecular weight excluding hydrogens is 258 g/mol. The lowest BCUT2D eigenvalue weighted by Crippen LogP contribution is -2.31. The first-order chi connectivity index (χ1) is 10.3. The Morgan fingerprint density at radius 3 is 2.95 bits per heavy atom. The summed E-state index contributed by atoms with van der Waals surface area (Å²) in [6.07, 6.45) is 10.7. The van der Waals surface area contributed by atoms with Gasteiger partial charge < -0.3 is 10.1 Å². The van der Waals surface area contributed by atoms with E-state index in [2.05, 4.69) is 30.4 Å². The largest absolute Gasteiger partial charge is 0.493 e. The van der Waals surface area contributed by atoms with E-state index in [4.69, 9.17) is 4.74 Å². The zero-order chi connectivity index (χ0) is 14.5. The fraction of sp³-hybridized carbons (Fsp3) is 0.684. The molecule has 116 valence electrons. The van der Waals surface area contributed by atoms with E-state index >= 15 is 0 Å². The maximum Gasteiger partial charge on any atom is 0.122 e. The number of fused-ring (bicyclic) bond motifs is 1. The van der Waals surface area contributed by atoms with Gasteiger partial charge in [-0.05, 0) is 48.9 Å². The van der Waals surface area contributed by atoms with Gasteiger partial charge in [0.05, 0.1) is 6.61 Å². The van der Waals surface area contributed by atoms with Crippen LogP contribution in [-0.2, 0) is 12.8 Å². The number of aryl methyl sites for hydroxylation is 1.